The fourth-order valence-corrected chi connectivity index (χ4v) is 5.00. The van der Waals surface area contributed by atoms with Gasteiger partial charge in [-0.1, -0.05) is 24.3 Å². The summed E-state index contributed by atoms with van der Waals surface area (Å²) in [7, 11) is -4.37. The molecule has 0 unspecified atom stereocenters. The molecule has 0 amide bonds. The molecule has 1 aliphatic heterocycles. The summed E-state index contributed by atoms with van der Waals surface area (Å²) in [5, 5.41) is 12.7. The highest BCUT2D eigenvalue weighted by Crippen LogP contribution is 2.48. The number of nitrogens with one attached hydrogen (secondary N) is 1. The van der Waals surface area contributed by atoms with Crippen LogP contribution in [-0.2, 0) is 34.5 Å². The number of ether oxygens (including phenoxy) is 2. The number of aromatic nitrogens is 2. The first-order valence-electron chi connectivity index (χ1n) is 11.7. The van der Waals surface area contributed by atoms with Crippen LogP contribution in [0.5, 0.6) is 0 Å². The van der Waals surface area contributed by atoms with Gasteiger partial charge in [0.25, 0.3) is 0 Å². The van der Waals surface area contributed by atoms with Gasteiger partial charge in [0.15, 0.2) is 6.10 Å². The molecule has 15 heteroatoms. The van der Waals surface area contributed by atoms with Gasteiger partial charge in [-0.05, 0) is 44.9 Å². The minimum Gasteiger partial charge on any atom is -0.462 e. The Balaban J connectivity index is 1.78. The molecule has 0 aliphatic carbocycles. The van der Waals surface area contributed by atoms with Crippen molar-refractivity contribution in [2.24, 2.45) is 0 Å². The minimum atomic E-state index is -4.37. The van der Waals surface area contributed by atoms with Crippen molar-refractivity contribution in [3.8, 4) is 0 Å². The fraction of sp³-hybridized carbons (Fsp3) is 0.522. The highest BCUT2D eigenvalue weighted by Gasteiger charge is 2.60. The largest absolute Gasteiger partial charge is 0.462 e. The number of anilines is 1. The number of carbonyl (C=O) groups is 1. The summed E-state index contributed by atoms with van der Waals surface area (Å²) in [4.78, 5) is 27.8. The van der Waals surface area contributed by atoms with Gasteiger partial charge in [0, 0.05) is 6.20 Å². The van der Waals surface area contributed by atoms with Crippen LogP contribution in [0.1, 0.15) is 38.1 Å². The molecule has 5 atom stereocenters. The first kappa shape index (κ1) is 29.8. The number of esters is 1. The Morgan fingerprint density at radius 2 is 1.97 bits per heavy atom. The van der Waals surface area contributed by atoms with Crippen LogP contribution in [0.3, 0.4) is 0 Å². The van der Waals surface area contributed by atoms with Gasteiger partial charge in [0.2, 0.25) is 6.23 Å². The van der Waals surface area contributed by atoms with Crippen LogP contribution < -0.4 is 16.5 Å². The summed E-state index contributed by atoms with van der Waals surface area (Å²) in [6.07, 6.45) is -5.89. The average Bonchev–Trinajstić information content (AvgIpc) is 3.05. The molecule has 210 valence electrons. The number of aliphatic hydroxyl groups excluding tert-OH is 1. The van der Waals surface area contributed by atoms with E-state index in [1.165, 1.54) is 6.92 Å². The van der Waals surface area contributed by atoms with E-state index in [9.17, 15) is 28.0 Å². The molecule has 2 aromatic rings. The van der Waals surface area contributed by atoms with Crippen molar-refractivity contribution in [2.45, 2.75) is 70.8 Å². The summed E-state index contributed by atoms with van der Waals surface area (Å²) < 4.78 is 65.0. The molecule has 12 nitrogen and oxygen atoms in total. The van der Waals surface area contributed by atoms with Crippen LogP contribution in [0.2, 0.25) is 0 Å². The van der Waals surface area contributed by atoms with Crippen molar-refractivity contribution in [3.63, 3.8) is 0 Å². The second-order valence-electron chi connectivity index (χ2n) is 9.02. The number of hydrogen-bond acceptors (Lipinski definition) is 10. The topological polar surface area (TPSA) is 164 Å². The molecule has 0 radical (unpaired) electrons. The minimum absolute atomic E-state index is 0.184. The molecule has 0 bridgehead atoms. The summed E-state index contributed by atoms with van der Waals surface area (Å²) in [5.41, 5.74) is 5.77. The predicted molar refractivity (Wildman–Crippen MR) is 131 cm³/mol. The van der Waals surface area contributed by atoms with Gasteiger partial charge in [0.1, 0.15) is 18.0 Å². The van der Waals surface area contributed by atoms with Gasteiger partial charge >= 0.3 is 25.3 Å². The molecule has 1 aromatic carbocycles. The predicted octanol–water partition coefficient (Wildman–Crippen LogP) is 2.30. The maximum absolute atomic E-state index is 14.9. The number of carbonyl (C=O) groups excluding carboxylic acids is 1. The first-order valence-corrected chi connectivity index (χ1v) is 13.3. The Bertz CT molecular complexity index is 1240. The summed E-state index contributed by atoms with van der Waals surface area (Å²) in [5.74, 6) is -4.87. The highest BCUT2D eigenvalue weighted by atomic mass is 31.2. The molecular weight excluding hydrogens is 529 g/mol. The van der Waals surface area contributed by atoms with E-state index in [0.717, 1.165) is 17.8 Å². The lowest BCUT2D eigenvalue weighted by Crippen LogP contribution is -2.42. The molecular formula is C23H31F2N4O8P. The third kappa shape index (κ3) is 7.01. The number of halogens is 2. The van der Waals surface area contributed by atoms with E-state index in [2.05, 4.69) is 10.1 Å². The van der Waals surface area contributed by atoms with E-state index in [1.807, 2.05) is 0 Å². The van der Waals surface area contributed by atoms with E-state index in [1.54, 1.807) is 45.0 Å². The number of rotatable bonds is 11. The number of aliphatic hydroxyl groups is 1. The van der Waals surface area contributed by atoms with E-state index < -0.39 is 62.5 Å². The quantitative estimate of drug-likeness (QED) is 0.273. The van der Waals surface area contributed by atoms with Crippen LogP contribution in [0.15, 0.2) is 41.3 Å². The Hall–Kier alpha value is -2.74. The van der Waals surface area contributed by atoms with Crippen LogP contribution in [0.25, 0.3) is 0 Å². The van der Waals surface area contributed by atoms with E-state index in [0.29, 0.717) is 10.1 Å². The molecule has 1 aromatic heterocycles. The van der Waals surface area contributed by atoms with Gasteiger partial charge in [-0.3, -0.25) is 18.4 Å². The van der Waals surface area contributed by atoms with Gasteiger partial charge in [0.05, 0.1) is 19.3 Å². The Kier molecular flexibility index (Phi) is 9.39. The number of aryl methyl sites for hydroxylation is 1. The zero-order valence-corrected chi connectivity index (χ0v) is 22.1. The van der Waals surface area contributed by atoms with Gasteiger partial charge in [-0.15, -0.1) is 0 Å². The second kappa shape index (κ2) is 12.0. The summed E-state index contributed by atoms with van der Waals surface area (Å²) in [6, 6.07) is 7.03. The third-order valence-electron chi connectivity index (χ3n) is 5.60. The normalized spacial score (nSPS) is 23.2. The molecule has 3 rings (SSSR count). The number of nitrogens with two attached hydrogens (primary N) is 1. The van der Waals surface area contributed by atoms with Gasteiger partial charge < -0.3 is 20.3 Å². The number of nitrogens with zero attached hydrogens (tertiary/aromatic N) is 2. The number of benzene rings is 1. The lowest BCUT2D eigenvalue weighted by Gasteiger charge is -2.25. The maximum atomic E-state index is 14.9. The second-order valence-corrected chi connectivity index (χ2v) is 10.8. The van der Waals surface area contributed by atoms with Gasteiger partial charge in [-0.2, -0.15) is 13.8 Å². The monoisotopic (exact) mass is 560 g/mol. The number of hydrogen-bond donors (Lipinski definition) is 3. The highest BCUT2D eigenvalue weighted by molar-refractivity contribution is 7.51. The number of nitrogen functional groups attached to an aromatic ring is 1. The van der Waals surface area contributed by atoms with Crippen molar-refractivity contribution in [1.82, 2.24) is 14.6 Å². The fourth-order valence-electron chi connectivity index (χ4n) is 3.54. The number of alkyl halides is 2. The van der Waals surface area contributed by atoms with Crippen LogP contribution in [-0.4, -0.2) is 57.5 Å². The van der Waals surface area contributed by atoms with E-state index in [-0.39, 0.29) is 12.4 Å². The zero-order valence-electron chi connectivity index (χ0n) is 21.2. The van der Waals surface area contributed by atoms with Crippen LogP contribution in [0.4, 0.5) is 14.6 Å². The SMILES string of the molecule is Cc1ccccc1CO[P@@](=O)(N[C@@H](C)C(=O)OC(C)C)OC[C@H]1O[C@@H](n2ccc(N)nc2=O)C(F)(F)[C@@H]1O. The third-order valence-corrected chi connectivity index (χ3v) is 7.26. The lowest BCUT2D eigenvalue weighted by molar-refractivity contribution is -0.149. The molecule has 2 heterocycles. The molecule has 4 N–H and O–H groups in total. The molecule has 1 aliphatic rings. The smallest absolute Gasteiger partial charge is 0.406 e. The maximum Gasteiger partial charge on any atom is 0.406 e. The first-order chi connectivity index (χ1) is 17.7. The molecule has 1 saturated heterocycles. The van der Waals surface area contributed by atoms with Crippen molar-refractivity contribution in [3.05, 3.63) is 58.1 Å². The Morgan fingerprint density at radius 1 is 1.29 bits per heavy atom. The summed E-state index contributed by atoms with van der Waals surface area (Å²) in [6.45, 7) is 5.39. The zero-order chi connectivity index (χ0) is 28.3. The average molecular weight is 560 g/mol. The molecule has 1 fully saturated rings. The van der Waals surface area contributed by atoms with E-state index in [4.69, 9.17) is 24.3 Å². The van der Waals surface area contributed by atoms with Crippen molar-refractivity contribution in [1.29, 1.82) is 0 Å². The van der Waals surface area contributed by atoms with Gasteiger partial charge in [-0.25, -0.2) is 14.4 Å². The van der Waals surface area contributed by atoms with Crippen molar-refractivity contribution < 1.29 is 41.8 Å². The van der Waals surface area contributed by atoms with E-state index >= 15 is 0 Å². The van der Waals surface area contributed by atoms with Crippen molar-refractivity contribution >= 4 is 19.5 Å². The Labute approximate surface area is 217 Å². The standard InChI is InChI=1S/C23H31F2N4O8P/c1-13(2)36-20(31)15(4)28-38(33,34-11-16-8-6-5-7-14(16)3)35-12-17-19(30)23(24,25)21(37-17)29-10-9-18(26)27-22(29)32/h5-10,13,15,17,19,21,30H,11-12H2,1-4H3,(H,28,33)(H2,26,27,32)/t15-,17+,19+,21+,38-/m0/s1. The lowest BCUT2D eigenvalue weighted by atomic mass is 10.1. The van der Waals surface area contributed by atoms with Crippen LogP contribution in [0, 0.1) is 6.92 Å². The summed E-state index contributed by atoms with van der Waals surface area (Å²) >= 11 is 0. The molecule has 0 saturated carbocycles. The molecule has 38 heavy (non-hydrogen) atoms. The Morgan fingerprint density at radius 3 is 2.61 bits per heavy atom. The van der Waals surface area contributed by atoms with Crippen LogP contribution >= 0.6 is 7.75 Å². The van der Waals surface area contributed by atoms with Crippen molar-refractivity contribution in [2.75, 3.05) is 12.3 Å². The molecule has 0 spiro atoms.